The molecule has 0 aromatic heterocycles. The van der Waals surface area contributed by atoms with E-state index in [0.717, 1.165) is 5.69 Å². The molecule has 112 valence electrons. The Morgan fingerprint density at radius 1 is 1.05 bits per heavy atom. The first-order valence-corrected chi connectivity index (χ1v) is 6.91. The Labute approximate surface area is 140 Å². The molecule has 2 rings (SSSR count). The van der Waals surface area contributed by atoms with Crippen LogP contribution in [0, 0.1) is 0 Å². The highest BCUT2D eigenvalue weighted by Crippen LogP contribution is 2.23. The van der Waals surface area contributed by atoms with Crippen molar-refractivity contribution in [3.8, 4) is 0 Å². The van der Waals surface area contributed by atoms with Crippen LogP contribution in [0.5, 0.6) is 0 Å². The number of carbonyl (C=O) groups excluding carboxylic acids is 1. The molecule has 0 radical (unpaired) electrons. The van der Waals surface area contributed by atoms with Crippen molar-refractivity contribution in [3.63, 3.8) is 0 Å². The number of hydrogen-bond acceptors (Lipinski definition) is 2. The number of nitrogens with zero attached hydrogens (tertiary/aromatic N) is 1. The van der Waals surface area contributed by atoms with E-state index in [4.69, 9.17) is 28.9 Å². The Hall–Kier alpha value is -1.26. The molecule has 2 aromatic rings. The standard InChI is InChI=1S/C15H14Cl2N2O.ClH/c16-11-5-7-12(8-6-11)19(10-9-18)15(20)13-3-1-2-4-14(13)17;/h1-8H,9-10,18H2;1H. The number of rotatable bonds is 4. The van der Waals surface area contributed by atoms with Gasteiger partial charge in [0.1, 0.15) is 0 Å². The average molecular weight is 346 g/mol. The SMILES string of the molecule is Cl.NCCN(C(=O)c1ccccc1Cl)c1ccc(Cl)cc1. The number of nitrogens with two attached hydrogens (primary N) is 1. The van der Waals surface area contributed by atoms with Crippen LogP contribution in [0.25, 0.3) is 0 Å². The first kappa shape index (κ1) is 17.8. The molecular formula is C15H15Cl3N2O. The molecule has 0 unspecified atom stereocenters. The third kappa shape index (κ3) is 4.35. The van der Waals surface area contributed by atoms with Gasteiger partial charge in [-0.3, -0.25) is 4.79 Å². The summed E-state index contributed by atoms with van der Waals surface area (Å²) >= 11 is 11.9. The van der Waals surface area contributed by atoms with E-state index in [1.54, 1.807) is 53.4 Å². The lowest BCUT2D eigenvalue weighted by atomic mass is 10.1. The summed E-state index contributed by atoms with van der Waals surface area (Å²) in [6, 6.07) is 14.0. The Kier molecular flexibility index (Phi) is 6.99. The molecule has 0 saturated carbocycles. The minimum atomic E-state index is -0.177. The van der Waals surface area contributed by atoms with Crippen molar-refractivity contribution in [2.75, 3.05) is 18.0 Å². The summed E-state index contributed by atoms with van der Waals surface area (Å²) in [5, 5.41) is 1.04. The molecular weight excluding hydrogens is 331 g/mol. The van der Waals surface area contributed by atoms with Crippen LogP contribution < -0.4 is 10.6 Å². The predicted octanol–water partition coefficient (Wildman–Crippen LogP) is 4.02. The summed E-state index contributed by atoms with van der Waals surface area (Å²) < 4.78 is 0. The van der Waals surface area contributed by atoms with Gasteiger partial charge in [-0.05, 0) is 36.4 Å². The summed E-state index contributed by atoms with van der Waals surface area (Å²) in [5.74, 6) is -0.177. The van der Waals surface area contributed by atoms with Gasteiger partial charge in [-0.2, -0.15) is 0 Å². The summed E-state index contributed by atoms with van der Waals surface area (Å²) in [5.41, 5.74) is 6.79. The van der Waals surface area contributed by atoms with Gasteiger partial charge in [0.15, 0.2) is 0 Å². The van der Waals surface area contributed by atoms with E-state index < -0.39 is 0 Å². The smallest absolute Gasteiger partial charge is 0.259 e. The van der Waals surface area contributed by atoms with Crippen molar-refractivity contribution >= 4 is 47.2 Å². The van der Waals surface area contributed by atoms with E-state index in [0.29, 0.717) is 28.7 Å². The zero-order valence-electron chi connectivity index (χ0n) is 11.1. The molecule has 0 fully saturated rings. The second-order valence-electron chi connectivity index (χ2n) is 4.20. The molecule has 0 heterocycles. The van der Waals surface area contributed by atoms with Gasteiger partial charge in [-0.1, -0.05) is 35.3 Å². The lowest BCUT2D eigenvalue weighted by Crippen LogP contribution is -2.35. The van der Waals surface area contributed by atoms with Gasteiger partial charge in [0.05, 0.1) is 10.6 Å². The fourth-order valence-electron chi connectivity index (χ4n) is 1.88. The van der Waals surface area contributed by atoms with Crippen LogP contribution in [0.2, 0.25) is 10.0 Å². The number of amides is 1. The Balaban J connectivity index is 0.00000220. The fourth-order valence-corrected chi connectivity index (χ4v) is 2.22. The second-order valence-corrected chi connectivity index (χ2v) is 5.05. The van der Waals surface area contributed by atoms with E-state index in [9.17, 15) is 4.79 Å². The van der Waals surface area contributed by atoms with Crippen molar-refractivity contribution in [1.29, 1.82) is 0 Å². The predicted molar refractivity (Wildman–Crippen MR) is 90.9 cm³/mol. The molecule has 0 bridgehead atoms. The molecule has 6 heteroatoms. The topological polar surface area (TPSA) is 46.3 Å². The van der Waals surface area contributed by atoms with Gasteiger partial charge in [0.2, 0.25) is 0 Å². The maximum Gasteiger partial charge on any atom is 0.259 e. The minimum Gasteiger partial charge on any atom is -0.329 e. The zero-order valence-corrected chi connectivity index (χ0v) is 13.5. The molecule has 0 saturated heterocycles. The van der Waals surface area contributed by atoms with Crippen LogP contribution >= 0.6 is 35.6 Å². The average Bonchev–Trinajstić information content (AvgIpc) is 2.46. The van der Waals surface area contributed by atoms with Crippen LogP contribution in [0.4, 0.5) is 5.69 Å². The number of anilines is 1. The van der Waals surface area contributed by atoms with Gasteiger partial charge in [0, 0.05) is 23.8 Å². The minimum absolute atomic E-state index is 0. The van der Waals surface area contributed by atoms with E-state index in [-0.39, 0.29) is 18.3 Å². The van der Waals surface area contributed by atoms with Gasteiger partial charge in [-0.25, -0.2) is 0 Å². The van der Waals surface area contributed by atoms with E-state index in [1.165, 1.54) is 0 Å². The molecule has 3 nitrogen and oxygen atoms in total. The molecule has 21 heavy (non-hydrogen) atoms. The summed E-state index contributed by atoms with van der Waals surface area (Å²) in [6.07, 6.45) is 0. The molecule has 0 atom stereocenters. The third-order valence-electron chi connectivity index (χ3n) is 2.84. The van der Waals surface area contributed by atoms with Crippen molar-refractivity contribution < 1.29 is 4.79 Å². The van der Waals surface area contributed by atoms with Crippen molar-refractivity contribution in [2.24, 2.45) is 5.73 Å². The van der Waals surface area contributed by atoms with Gasteiger partial charge in [-0.15, -0.1) is 12.4 Å². The van der Waals surface area contributed by atoms with Gasteiger partial charge >= 0.3 is 0 Å². The summed E-state index contributed by atoms with van der Waals surface area (Å²) in [7, 11) is 0. The number of halogens is 3. The van der Waals surface area contributed by atoms with Crippen LogP contribution in [-0.2, 0) is 0 Å². The van der Waals surface area contributed by atoms with E-state index >= 15 is 0 Å². The first-order chi connectivity index (χ1) is 9.63. The Bertz CT molecular complexity index is 602. The summed E-state index contributed by atoms with van der Waals surface area (Å²) in [6.45, 7) is 0.768. The van der Waals surface area contributed by atoms with Crippen molar-refractivity contribution in [3.05, 3.63) is 64.1 Å². The third-order valence-corrected chi connectivity index (χ3v) is 3.42. The molecule has 2 aromatic carbocycles. The van der Waals surface area contributed by atoms with Crippen LogP contribution in [0.1, 0.15) is 10.4 Å². The number of hydrogen-bond donors (Lipinski definition) is 1. The second kappa shape index (κ2) is 8.25. The fraction of sp³-hybridized carbons (Fsp3) is 0.133. The quantitative estimate of drug-likeness (QED) is 0.909. The molecule has 0 spiro atoms. The lowest BCUT2D eigenvalue weighted by Gasteiger charge is -2.22. The van der Waals surface area contributed by atoms with Crippen LogP contribution in [0.15, 0.2) is 48.5 Å². The maximum absolute atomic E-state index is 12.6. The van der Waals surface area contributed by atoms with Crippen LogP contribution in [-0.4, -0.2) is 19.0 Å². The normalized spacial score (nSPS) is 9.86. The highest BCUT2D eigenvalue weighted by atomic mass is 35.5. The molecule has 2 N–H and O–H groups in total. The first-order valence-electron chi connectivity index (χ1n) is 6.15. The largest absolute Gasteiger partial charge is 0.329 e. The monoisotopic (exact) mass is 344 g/mol. The number of benzene rings is 2. The maximum atomic E-state index is 12.6. The van der Waals surface area contributed by atoms with Crippen molar-refractivity contribution in [1.82, 2.24) is 0 Å². The van der Waals surface area contributed by atoms with Crippen molar-refractivity contribution in [2.45, 2.75) is 0 Å². The van der Waals surface area contributed by atoms with Gasteiger partial charge in [0.25, 0.3) is 5.91 Å². The highest BCUT2D eigenvalue weighted by molar-refractivity contribution is 6.34. The molecule has 0 aliphatic heterocycles. The Morgan fingerprint density at radius 2 is 1.67 bits per heavy atom. The molecule has 1 amide bonds. The summed E-state index contributed by atoms with van der Waals surface area (Å²) in [4.78, 5) is 14.2. The van der Waals surface area contributed by atoms with Crippen LogP contribution in [0.3, 0.4) is 0 Å². The Morgan fingerprint density at radius 3 is 2.24 bits per heavy atom. The molecule has 0 aliphatic carbocycles. The van der Waals surface area contributed by atoms with E-state index in [2.05, 4.69) is 0 Å². The highest BCUT2D eigenvalue weighted by Gasteiger charge is 2.19. The van der Waals surface area contributed by atoms with E-state index in [1.807, 2.05) is 0 Å². The van der Waals surface area contributed by atoms with Gasteiger partial charge < -0.3 is 10.6 Å². The zero-order chi connectivity index (χ0) is 14.5. The number of carbonyl (C=O) groups is 1. The lowest BCUT2D eigenvalue weighted by molar-refractivity contribution is 0.0988. The molecule has 0 aliphatic rings.